The summed E-state index contributed by atoms with van der Waals surface area (Å²) in [5.41, 5.74) is -0.0406. The van der Waals surface area contributed by atoms with Gasteiger partial charge in [0.1, 0.15) is 23.2 Å². The summed E-state index contributed by atoms with van der Waals surface area (Å²) < 4.78 is 5.85. The van der Waals surface area contributed by atoms with Gasteiger partial charge in [-0.25, -0.2) is 0 Å². The van der Waals surface area contributed by atoms with E-state index in [-0.39, 0.29) is 11.8 Å². The predicted molar refractivity (Wildman–Crippen MR) is 129 cm³/mol. The first kappa shape index (κ1) is 20.4. The summed E-state index contributed by atoms with van der Waals surface area (Å²) >= 11 is 0. The third-order valence-corrected chi connectivity index (χ3v) is 11.4. The van der Waals surface area contributed by atoms with E-state index in [0.717, 1.165) is 39.0 Å². The molecule has 0 aliphatic carbocycles. The van der Waals surface area contributed by atoms with E-state index < -0.39 is 7.26 Å². The van der Waals surface area contributed by atoms with Crippen LogP contribution >= 0.6 is 7.26 Å². The van der Waals surface area contributed by atoms with Gasteiger partial charge in [-0.3, -0.25) is 4.79 Å². The molecule has 1 unspecified atom stereocenters. The van der Waals surface area contributed by atoms with Gasteiger partial charge in [0.15, 0.2) is 5.66 Å². The maximum Gasteiger partial charge on any atom is 0.264 e. The Hall–Kier alpha value is -2.48. The molecule has 2 aliphatic heterocycles. The average molecular weight is 431 g/mol. The standard InChI is InChI=1S/C27H29NO2P/c29-27-26(18-19-28(27)21-22-11-10-20-30-22)31(23-12-4-1-5-13-23,24-14-6-2-7-15-24)25-16-8-3-9-17-25/h1-9,12-17,22,26H,10-11,18-21H2/q+1/t22?,26-/m0/s1. The number of hydrogen-bond donors (Lipinski definition) is 0. The molecule has 3 aromatic carbocycles. The van der Waals surface area contributed by atoms with E-state index in [4.69, 9.17) is 4.74 Å². The highest BCUT2D eigenvalue weighted by Gasteiger charge is 2.58. The number of amides is 1. The highest BCUT2D eigenvalue weighted by Crippen LogP contribution is 2.62. The molecule has 2 fully saturated rings. The van der Waals surface area contributed by atoms with Crippen LogP contribution in [0.15, 0.2) is 91.0 Å². The molecule has 2 aliphatic rings. The van der Waals surface area contributed by atoms with Crippen molar-refractivity contribution in [2.75, 3.05) is 19.7 Å². The molecule has 31 heavy (non-hydrogen) atoms. The molecule has 5 rings (SSSR count). The number of ether oxygens (including phenoxy) is 1. The van der Waals surface area contributed by atoms with Crippen molar-refractivity contribution in [2.24, 2.45) is 0 Å². The van der Waals surface area contributed by atoms with Gasteiger partial charge in [0.25, 0.3) is 5.91 Å². The largest absolute Gasteiger partial charge is 0.376 e. The summed E-state index contributed by atoms with van der Waals surface area (Å²) in [5, 5.41) is 3.85. The Balaban J connectivity index is 1.64. The molecule has 0 saturated carbocycles. The lowest BCUT2D eigenvalue weighted by atomic mass is 10.2. The smallest absolute Gasteiger partial charge is 0.264 e. The molecule has 0 N–H and O–H groups in total. The van der Waals surface area contributed by atoms with Crippen LogP contribution in [0.3, 0.4) is 0 Å². The van der Waals surface area contributed by atoms with Crippen LogP contribution < -0.4 is 15.9 Å². The fourth-order valence-corrected chi connectivity index (χ4v) is 10.2. The first-order chi connectivity index (χ1) is 15.3. The number of hydrogen-bond acceptors (Lipinski definition) is 2. The van der Waals surface area contributed by atoms with Crippen LogP contribution in [0.1, 0.15) is 19.3 Å². The summed E-state index contributed by atoms with van der Waals surface area (Å²) in [7, 11) is -2.17. The minimum atomic E-state index is -2.17. The first-order valence-electron chi connectivity index (χ1n) is 11.3. The van der Waals surface area contributed by atoms with Crippen molar-refractivity contribution in [3.8, 4) is 0 Å². The topological polar surface area (TPSA) is 29.5 Å². The minimum absolute atomic E-state index is 0.0406. The van der Waals surface area contributed by atoms with E-state index >= 15 is 0 Å². The van der Waals surface area contributed by atoms with Gasteiger partial charge < -0.3 is 9.64 Å². The number of rotatable bonds is 6. The predicted octanol–water partition coefficient (Wildman–Crippen LogP) is 3.76. The molecule has 0 aromatic heterocycles. The van der Waals surface area contributed by atoms with Gasteiger partial charge in [-0.05, 0) is 49.2 Å². The average Bonchev–Trinajstić information content (AvgIpc) is 3.48. The molecule has 0 spiro atoms. The van der Waals surface area contributed by atoms with Crippen molar-refractivity contribution in [2.45, 2.75) is 31.0 Å². The minimum Gasteiger partial charge on any atom is -0.376 e. The maximum absolute atomic E-state index is 14.0. The van der Waals surface area contributed by atoms with E-state index in [9.17, 15) is 4.79 Å². The van der Waals surface area contributed by atoms with Crippen LogP contribution in [-0.4, -0.2) is 42.3 Å². The van der Waals surface area contributed by atoms with Crippen molar-refractivity contribution >= 4 is 29.1 Å². The Morgan fingerprint density at radius 3 is 1.74 bits per heavy atom. The second-order valence-corrected chi connectivity index (χ2v) is 12.1. The van der Waals surface area contributed by atoms with Crippen LogP contribution in [0, 0.1) is 0 Å². The Labute approximate surface area is 185 Å². The van der Waals surface area contributed by atoms with E-state index in [1.165, 1.54) is 15.9 Å². The summed E-state index contributed by atoms with van der Waals surface area (Å²) in [6.45, 7) is 2.37. The van der Waals surface area contributed by atoms with Gasteiger partial charge in [0.05, 0.1) is 6.10 Å². The molecule has 0 bridgehead atoms. The zero-order valence-electron chi connectivity index (χ0n) is 17.8. The summed E-state index contributed by atoms with van der Waals surface area (Å²) in [4.78, 5) is 16.0. The quantitative estimate of drug-likeness (QED) is 0.558. The second-order valence-electron chi connectivity index (χ2n) is 8.45. The van der Waals surface area contributed by atoms with Crippen LogP contribution in [0.25, 0.3) is 0 Å². The van der Waals surface area contributed by atoms with E-state index in [1.807, 2.05) is 0 Å². The van der Waals surface area contributed by atoms with Gasteiger partial charge in [-0.1, -0.05) is 54.6 Å². The zero-order chi connectivity index (χ0) is 21.1. The molecule has 2 atom stereocenters. The highest BCUT2D eigenvalue weighted by molar-refractivity contribution is 7.96. The van der Waals surface area contributed by atoms with E-state index in [0.29, 0.717) is 5.91 Å². The van der Waals surface area contributed by atoms with Crippen molar-refractivity contribution in [3.63, 3.8) is 0 Å². The van der Waals surface area contributed by atoms with Crippen LogP contribution in [0.5, 0.6) is 0 Å². The Morgan fingerprint density at radius 2 is 1.29 bits per heavy atom. The van der Waals surface area contributed by atoms with E-state index in [2.05, 4.69) is 95.9 Å². The monoisotopic (exact) mass is 430 g/mol. The van der Waals surface area contributed by atoms with Crippen LogP contribution in [-0.2, 0) is 9.53 Å². The lowest BCUT2D eigenvalue weighted by Gasteiger charge is -2.32. The van der Waals surface area contributed by atoms with Crippen molar-refractivity contribution in [1.29, 1.82) is 0 Å². The number of likely N-dealkylation sites (tertiary alicyclic amines) is 1. The van der Waals surface area contributed by atoms with E-state index in [1.54, 1.807) is 0 Å². The fraction of sp³-hybridized carbons (Fsp3) is 0.296. The molecule has 3 nitrogen and oxygen atoms in total. The van der Waals surface area contributed by atoms with Crippen molar-refractivity contribution < 1.29 is 9.53 Å². The third kappa shape index (κ3) is 3.71. The molecule has 1 amide bonds. The zero-order valence-corrected chi connectivity index (χ0v) is 18.7. The van der Waals surface area contributed by atoms with Gasteiger partial charge in [0, 0.05) is 26.1 Å². The summed E-state index contributed by atoms with van der Waals surface area (Å²) in [6, 6.07) is 32.2. The molecule has 158 valence electrons. The normalized spacial score (nSPS) is 21.5. The Kier molecular flexibility index (Phi) is 5.89. The van der Waals surface area contributed by atoms with Gasteiger partial charge >= 0.3 is 0 Å². The Morgan fingerprint density at radius 1 is 0.774 bits per heavy atom. The SMILES string of the molecule is O=C1[C@@H]([P+](c2ccccc2)(c2ccccc2)c2ccccc2)CCN1CC1CCCO1. The van der Waals surface area contributed by atoms with Gasteiger partial charge in [0.2, 0.25) is 0 Å². The molecule has 2 saturated heterocycles. The highest BCUT2D eigenvalue weighted by atomic mass is 31.2. The molecular weight excluding hydrogens is 401 g/mol. The lowest BCUT2D eigenvalue weighted by molar-refractivity contribution is -0.128. The summed E-state index contributed by atoms with van der Waals surface area (Å²) in [5.74, 6) is 0.292. The number of carbonyl (C=O) groups is 1. The first-order valence-corrected chi connectivity index (χ1v) is 13.1. The number of carbonyl (C=O) groups excluding carboxylic acids is 1. The Bertz CT molecular complexity index is 907. The van der Waals surface area contributed by atoms with Crippen molar-refractivity contribution in [1.82, 2.24) is 4.90 Å². The summed E-state index contributed by atoms with van der Waals surface area (Å²) in [6.07, 6.45) is 3.24. The third-order valence-electron chi connectivity index (χ3n) is 6.68. The molecule has 0 radical (unpaired) electrons. The number of benzene rings is 3. The van der Waals surface area contributed by atoms with Crippen molar-refractivity contribution in [3.05, 3.63) is 91.0 Å². The lowest BCUT2D eigenvalue weighted by Crippen LogP contribution is -2.43. The molecule has 3 aromatic rings. The van der Waals surface area contributed by atoms with Crippen LogP contribution in [0.2, 0.25) is 0 Å². The van der Waals surface area contributed by atoms with Gasteiger partial charge in [-0.2, -0.15) is 0 Å². The number of nitrogens with zero attached hydrogens (tertiary/aromatic N) is 1. The second kappa shape index (κ2) is 8.94. The molecule has 4 heteroatoms. The maximum atomic E-state index is 14.0. The molecule has 2 heterocycles. The fourth-order valence-electron chi connectivity index (χ4n) is 5.27. The van der Waals surface area contributed by atoms with Gasteiger partial charge in [-0.15, -0.1) is 0 Å². The molecular formula is C27H29NO2P+. The van der Waals surface area contributed by atoms with Crippen LogP contribution in [0.4, 0.5) is 0 Å².